The van der Waals surface area contributed by atoms with E-state index in [1.807, 2.05) is 44.2 Å². The van der Waals surface area contributed by atoms with E-state index in [0.717, 1.165) is 43.9 Å². The van der Waals surface area contributed by atoms with Crippen molar-refractivity contribution >= 4 is 11.2 Å². The molecule has 228 valence electrons. The van der Waals surface area contributed by atoms with Gasteiger partial charge in [0.1, 0.15) is 11.6 Å². The molecule has 0 bridgehead atoms. The molecule has 0 N–H and O–H groups in total. The molecular formula is C32H38FN5O5. The molecule has 1 aliphatic carbocycles. The second-order valence-electron chi connectivity index (χ2n) is 11.7. The molecule has 1 aliphatic heterocycles. The number of halogens is 1. The van der Waals surface area contributed by atoms with Crippen LogP contribution in [0.2, 0.25) is 0 Å². The Kier molecular flexibility index (Phi) is 8.71. The highest BCUT2D eigenvalue weighted by atomic mass is 19.1. The zero-order valence-corrected chi connectivity index (χ0v) is 24.7. The number of rotatable bonds is 12. The number of fused-ring (bicyclic) bond motifs is 1. The molecule has 11 heteroatoms. The Morgan fingerprint density at radius 2 is 1.91 bits per heavy atom. The Labute approximate surface area is 249 Å². The molecule has 3 aromatic heterocycles. The third kappa shape index (κ3) is 6.42. The zero-order chi connectivity index (χ0) is 29.9. The first-order valence-electron chi connectivity index (χ1n) is 15.2. The lowest BCUT2D eigenvalue weighted by Gasteiger charge is -2.22. The summed E-state index contributed by atoms with van der Waals surface area (Å²) in [5, 5.41) is 0. The summed E-state index contributed by atoms with van der Waals surface area (Å²) >= 11 is 0. The Balaban J connectivity index is 1.46. The summed E-state index contributed by atoms with van der Waals surface area (Å²) in [6.07, 6.45) is 6.44. The minimum Gasteiger partial charge on any atom is -0.477 e. The molecule has 2 fully saturated rings. The quantitative estimate of drug-likeness (QED) is 0.216. The highest BCUT2D eigenvalue weighted by Gasteiger charge is 2.27. The number of aromatic nitrogens is 5. The van der Waals surface area contributed by atoms with Crippen LogP contribution < -0.4 is 16.0 Å². The van der Waals surface area contributed by atoms with Crippen molar-refractivity contribution < 1.29 is 18.6 Å². The monoisotopic (exact) mass is 591 g/mol. The fraction of sp³-hybridized carbons (Fsp3) is 0.500. The van der Waals surface area contributed by atoms with Gasteiger partial charge in [0.25, 0.3) is 5.56 Å². The Morgan fingerprint density at radius 3 is 2.63 bits per heavy atom. The van der Waals surface area contributed by atoms with Crippen molar-refractivity contribution in [3.8, 4) is 17.3 Å². The molecule has 1 unspecified atom stereocenters. The van der Waals surface area contributed by atoms with Crippen LogP contribution in [0.3, 0.4) is 0 Å². The van der Waals surface area contributed by atoms with Crippen molar-refractivity contribution in [2.24, 2.45) is 5.92 Å². The second kappa shape index (κ2) is 12.8. The van der Waals surface area contributed by atoms with Gasteiger partial charge in [-0.2, -0.15) is 0 Å². The lowest BCUT2D eigenvalue weighted by molar-refractivity contribution is -0.163. The summed E-state index contributed by atoms with van der Waals surface area (Å²) < 4.78 is 36.8. The molecule has 4 aromatic rings. The van der Waals surface area contributed by atoms with Gasteiger partial charge in [-0.05, 0) is 69.9 Å². The minimum absolute atomic E-state index is 0.177. The number of imidazole rings is 1. The van der Waals surface area contributed by atoms with E-state index >= 15 is 0 Å². The van der Waals surface area contributed by atoms with Gasteiger partial charge in [0.05, 0.1) is 25.0 Å². The largest absolute Gasteiger partial charge is 0.477 e. The molecule has 6 rings (SSSR count). The number of nitrogens with zero attached hydrogens (tertiary/aromatic N) is 5. The Morgan fingerprint density at radius 1 is 1.09 bits per heavy atom. The van der Waals surface area contributed by atoms with Gasteiger partial charge in [-0.25, -0.2) is 19.2 Å². The SMILES string of the molecule is CC(C)n1c(=O)n(CCCOC2CCCCO2)c(=O)c2c1nc(-c1cc(F)cnc1OCC1CC1)n2Cc1ccccc1. The van der Waals surface area contributed by atoms with Gasteiger partial charge in [-0.15, -0.1) is 0 Å². The van der Waals surface area contributed by atoms with Crippen molar-refractivity contribution in [2.45, 2.75) is 77.8 Å². The summed E-state index contributed by atoms with van der Waals surface area (Å²) in [4.78, 5) is 37.0. The topological polar surface area (TPSA) is 102 Å². The summed E-state index contributed by atoms with van der Waals surface area (Å²) in [5.41, 5.74) is 0.868. The molecule has 10 nitrogen and oxygen atoms in total. The van der Waals surface area contributed by atoms with Gasteiger partial charge >= 0.3 is 5.69 Å². The molecule has 0 radical (unpaired) electrons. The average Bonchev–Trinajstić information content (AvgIpc) is 3.77. The second-order valence-corrected chi connectivity index (χ2v) is 11.7. The molecule has 1 aromatic carbocycles. The van der Waals surface area contributed by atoms with Crippen molar-refractivity contribution in [3.05, 3.63) is 74.8 Å². The molecular weight excluding hydrogens is 553 g/mol. The first-order valence-corrected chi connectivity index (χ1v) is 15.2. The van der Waals surface area contributed by atoms with Crippen LogP contribution in [0.15, 0.2) is 52.2 Å². The van der Waals surface area contributed by atoms with E-state index in [2.05, 4.69) is 4.98 Å². The normalized spacial score (nSPS) is 17.2. The number of benzene rings is 1. The van der Waals surface area contributed by atoms with Crippen LogP contribution >= 0.6 is 0 Å². The van der Waals surface area contributed by atoms with Gasteiger partial charge in [0.15, 0.2) is 17.5 Å². The lowest BCUT2D eigenvalue weighted by atomic mass is 10.2. The smallest absolute Gasteiger partial charge is 0.332 e. The average molecular weight is 592 g/mol. The predicted molar refractivity (Wildman–Crippen MR) is 160 cm³/mol. The van der Waals surface area contributed by atoms with Crippen LogP contribution in [-0.4, -0.2) is 49.8 Å². The van der Waals surface area contributed by atoms with Gasteiger partial charge in [0, 0.05) is 25.7 Å². The van der Waals surface area contributed by atoms with Gasteiger partial charge in [-0.1, -0.05) is 30.3 Å². The third-order valence-corrected chi connectivity index (χ3v) is 7.94. The van der Waals surface area contributed by atoms with Crippen LogP contribution in [0.1, 0.15) is 64.0 Å². The molecule has 0 spiro atoms. The molecule has 4 heterocycles. The fourth-order valence-electron chi connectivity index (χ4n) is 5.51. The summed E-state index contributed by atoms with van der Waals surface area (Å²) in [6.45, 7) is 5.73. The van der Waals surface area contributed by atoms with Crippen molar-refractivity contribution in [1.29, 1.82) is 0 Å². The van der Waals surface area contributed by atoms with E-state index in [1.54, 1.807) is 4.57 Å². The van der Waals surface area contributed by atoms with E-state index in [1.165, 1.54) is 15.2 Å². The fourth-order valence-corrected chi connectivity index (χ4v) is 5.51. The molecule has 2 aliphatic rings. The highest BCUT2D eigenvalue weighted by molar-refractivity contribution is 5.78. The van der Waals surface area contributed by atoms with Crippen LogP contribution in [-0.2, 0) is 22.6 Å². The maximum absolute atomic E-state index is 14.7. The van der Waals surface area contributed by atoms with E-state index in [9.17, 15) is 14.0 Å². The number of hydrogen-bond donors (Lipinski definition) is 0. The van der Waals surface area contributed by atoms with E-state index in [-0.39, 0.29) is 42.5 Å². The summed E-state index contributed by atoms with van der Waals surface area (Å²) in [7, 11) is 0. The molecule has 1 atom stereocenters. The Bertz CT molecular complexity index is 1690. The molecule has 43 heavy (non-hydrogen) atoms. The third-order valence-electron chi connectivity index (χ3n) is 7.94. The van der Waals surface area contributed by atoms with E-state index in [0.29, 0.717) is 43.5 Å². The Hall–Kier alpha value is -3.83. The predicted octanol–water partition coefficient (Wildman–Crippen LogP) is 4.91. The minimum atomic E-state index is -0.548. The number of pyridine rings is 1. The summed E-state index contributed by atoms with van der Waals surface area (Å²) in [5.74, 6) is 0.472. The standard InChI is InChI=1S/C32H38FN5O5/c1-21(2)38-29-27(31(39)36(32(38)40)14-8-16-42-26-11-6-7-15-41-26)37(19-22-9-4-3-5-10-22)28(35-29)25-17-24(33)18-34-30(25)43-20-23-12-13-23/h3-5,9-10,17-18,21,23,26H,6-8,11-16,19-20H2,1-2H3. The van der Waals surface area contributed by atoms with Crippen LogP contribution in [0.25, 0.3) is 22.6 Å². The van der Waals surface area contributed by atoms with E-state index < -0.39 is 17.1 Å². The highest BCUT2D eigenvalue weighted by Crippen LogP contribution is 2.34. The van der Waals surface area contributed by atoms with Crippen molar-refractivity contribution in [3.63, 3.8) is 0 Å². The maximum Gasteiger partial charge on any atom is 0.332 e. The van der Waals surface area contributed by atoms with Crippen LogP contribution in [0.5, 0.6) is 5.88 Å². The first-order chi connectivity index (χ1) is 20.9. The molecule has 0 amide bonds. The number of hydrogen-bond acceptors (Lipinski definition) is 7. The number of ether oxygens (including phenoxy) is 3. The summed E-state index contributed by atoms with van der Waals surface area (Å²) in [6, 6.07) is 10.7. The van der Waals surface area contributed by atoms with Gasteiger partial charge < -0.3 is 18.8 Å². The van der Waals surface area contributed by atoms with Crippen molar-refractivity contribution in [1.82, 2.24) is 23.7 Å². The van der Waals surface area contributed by atoms with Gasteiger partial charge in [-0.3, -0.25) is 13.9 Å². The van der Waals surface area contributed by atoms with Crippen LogP contribution in [0, 0.1) is 11.7 Å². The van der Waals surface area contributed by atoms with Crippen LogP contribution in [0.4, 0.5) is 4.39 Å². The molecule has 1 saturated heterocycles. The lowest BCUT2D eigenvalue weighted by Crippen LogP contribution is -2.41. The first kappa shape index (κ1) is 29.3. The molecule has 1 saturated carbocycles. The van der Waals surface area contributed by atoms with Crippen molar-refractivity contribution in [2.75, 3.05) is 19.8 Å². The van der Waals surface area contributed by atoms with E-state index in [4.69, 9.17) is 19.2 Å². The maximum atomic E-state index is 14.7. The van der Waals surface area contributed by atoms with Gasteiger partial charge in [0.2, 0.25) is 5.88 Å². The zero-order valence-electron chi connectivity index (χ0n) is 24.7.